The number of fused-ring (bicyclic) bond motifs is 18. The molecule has 5 saturated carbocycles. The first-order valence-electron chi connectivity index (χ1n) is 27.4. The van der Waals surface area contributed by atoms with Gasteiger partial charge in [0.15, 0.2) is 0 Å². The average molecular weight is 893 g/mol. The number of hydrogen-bond acceptors (Lipinski definition) is 1. The van der Waals surface area contributed by atoms with Crippen molar-refractivity contribution < 1.29 is 0 Å². The van der Waals surface area contributed by atoms with Crippen LogP contribution in [0.5, 0.6) is 0 Å². The zero-order chi connectivity index (χ0) is 45.2. The molecule has 3 heterocycles. The summed E-state index contributed by atoms with van der Waals surface area (Å²) >= 11 is 0. The maximum absolute atomic E-state index is 5.80. The highest BCUT2D eigenvalue weighted by Crippen LogP contribution is 2.76. The highest BCUT2D eigenvalue weighted by molar-refractivity contribution is 6.32. The van der Waals surface area contributed by atoms with Gasteiger partial charge in [-0.2, -0.15) is 0 Å². The molecule has 0 radical (unpaired) electrons. The number of rotatable bonds is 2. The van der Waals surface area contributed by atoms with Gasteiger partial charge in [0.05, 0.1) is 22.7 Å². The fourth-order valence-corrected chi connectivity index (χ4v) is 19.7. The minimum absolute atomic E-state index is 0.154. The van der Waals surface area contributed by atoms with Crippen molar-refractivity contribution in [3.63, 3.8) is 0 Å². The molecule has 338 valence electrons. The van der Waals surface area contributed by atoms with Gasteiger partial charge in [-0.05, 0) is 213 Å². The average Bonchev–Trinajstić information content (AvgIpc) is 4.21. The predicted octanol–water partition coefficient (Wildman–Crippen LogP) is 17.4. The minimum Gasteiger partial charge on any atom is -0.306 e. The fraction of sp³-hybridized carbons (Fsp3) is 0.388. The normalized spacial score (nSPS) is 30.6. The highest BCUT2D eigenvalue weighted by atomic mass is 14.9. The van der Waals surface area contributed by atoms with Crippen molar-refractivity contribution in [3.8, 4) is 44.5 Å². The molecule has 0 aliphatic heterocycles. The van der Waals surface area contributed by atoms with Crippen LogP contribution in [0.25, 0.3) is 82.6 Å². The first-order valence-corrected chi connectivity index (χ1v) is 27.4. The van der Waals surface area contributed by atoms with Gasteiger partial charge in [-0.15, -0.1) is 0 Å². The molecule has 0 N–H and O–H groups in total. The molecule has 7 bridgehead atoms. The van der Waals surface area contributed by atoms with E-state index in [9.17, 15) is 0 Å². The summed E-state index contributed by atoms with van der Waals surface area (Å²) in [5, 5.41) is 6.18. The molecule has 3 aromatic heterocycles. The molecule has 2 heteroatoms. The van der Waals surface area contributed by atoms with Crippen molar-refractivity contribution in [1.82, 2.24) is 9.38 Å². The summed E-state index contributed by atoms with van der Waals surface area (Å²) in [5.74, 6) is 6.08. The molecule has 0 saturated heterocycles. The van der Waals surface area contributed by atoms with Crippen molar-refractivity contribution in [1.29, 1.82) is 0 Å². The fourth-order valence-electron chi connectivity index (χ4n) is 19.7. The largest absolute Gasteiger partial charge is 0.306 e. The zero-order valence-electron chi connectivity index (χ0n) is 40.7. The summed E-state index contributed by atoms with van der Waals surface area (Å²) in [7, 11) is 0. The van der Waals surface area contributed by atoms with Crippen molar-refractivity contribution in [2.45, 2.75) is 133 Å². The second-order valence-electron chi connectivity index (χ2n) is 25.8. The molecule has 2 nitrogen and oxygen atoms in total. The SMILES string of the molecule is CC1(C)c2ccccc2-c2cccc(-c3cc(-c4cccc5c4C(C)(C)c4ccccc4-5)c4c5c6c(ncc5n5c7ccc8c(c7c3c45)C3CCC(CC4CC8C4)C3)C3CC4CC5CC6CC45C3)c21. The molecule has 5 fully saturated rings. The van der Waals surface area contributed by atoms with Gasteiger partial charge in [0.25, 0.3) is 0 Å². The lowest BCUT2D eigenvalue weighted by Gasteiger charge is -2.48. The predicted molar refractivity (Wildman–Crippen MR) is 283 cm³/mol. The Morgan fingerprint density at radius 3 is 1.72 bits per heavy atom. The van der Waals surface area contributed by atoms with Crippen LogP contribution < -0.4 is 0 Å². The lowest BCUT2D eigenvalue weighted by atomic mass is 9.56. The van der Waals surface area contributed by atoms with Gasteiger partial charge in [-0.1, -0.05) is 119 Å². The first kappa shape index (κ1) is 38.1. The second-order valence-corrected chi connectivity index (χ2v) is 25.8. The third kappa shape index (κ3) is 4.30. The van der Waals surface area contributed by atoms with E-state index in [-0.39, 0.29) is 10.8 Å². The van der Waals surface area contributed by atoms with E-state index in [1.54, 1.807) is 27.5 Å². The van der Waals surface area contributed by atoms with E-state index >= 15 is 0 Å². The quantitative estimate of drug-likeness (QED) is 0.169. The summed E-state index contributed by atoms with van der Waals surface area (Å²) in [4.78, 5) is 5.80. The van der Waals surface area contributed by atoms with Gasteiger partial charge in [0, 0.05) is 44.0 Å². The monoisotopic (exact) mass is 892 g/mol. The second kappa shape index (κ2) is 12.2. The minimum atomic E-state index is -0.156. The molecule has 7 unspecified atom stereocenters. The Morgan fingerprint density at radius 2 is 1.04 bits per heavy atom. The number of hydrogen-bond donors (Lipinski definition) is 0. The third-order valence-electron chi connectivity index (χ3n) is 22.3. The molecule has 10 aliphatic rings. The van der Waals surface area contributed by atoms with E-state index in [0.29, 0.717) is 29.1 Å². The maximum atomic E-state index is 5.80. The van der Waals surface area contributed by atoms with Crippen LogP contribution in [0.1, 0.15) is 167 Å². The Balaban J connectivity index is 1.06. The molecule has 1 spiro atoms. The molecule has 19 rings (SSSR count). The van der Waals surface area contributed by atoms with Crippen molar-refractivity contribution in [3.05, 3.63) is 154 Å². The number of pyridine rings is 1. The van der Waals surface area contributed by atoms with E-state index in [4.69, 9.17) is 4.98 Å². The maximum Gasteiger partial charge on any atom is 0.0728 e. The Labute approximate surface area is 405 Å². The number of benzene rings is 6. The standard InChI is InChI=1S/C67H60N2/c1-65(2)51-17-7-5-11-43(51)45-13-9-15-47(61(45)65)49-30-50(48-16-10-14-46-44-12-6-8-18-52(44)66(3,4)62(46)48)58-60-54(33-68-63-39-28-41-29-40-27-38(56(60)63)31-67(40,41)32-39)69-53-22-21-42-37-25-35(26-37)23-34-19-20-36(24-34)55(42)59(53)57(49)64(58)69/h5-18,21-22,30,33-41H,19-20,23-29,31-32H2,1-4H3. The van der Waals surface area contributed by atoms with Gasteiger partial charge in [0.1, 0.15) is 0 Å². The van der Waals surface area contributed by atoms with Gasteiger partial charge < -0.3 is 4.40 Å². The van der Waals surface area contributed by atoms with Crippen LogP contribution >= 0.6 is 0 Å². The molecular formula is C67H60N2. The lowest BCUT2D eigenvalue weighted by molar-refractivity contribution is 0.00321. The van der Waals surface area contributed by atoms with Crippen LogP contribution in [0.3, 0.4) is 0 Å². The van der Waals surface area contributed by atoms with Gasteiger partial charge in [-0.25, -0.2) is 0 Å². The molecule has 6 aromatic carbocycles. The van der Waals surface area contributed by atoms with Gasteiger partial charge >= 0.3 is 0 Å². The summed E-state index contributed by atoms with van der Waals surface area (Å²) < 4.78 is 2.83. The van der Waals surface area contributed by atoms with Crippen molar-refractivity contribution >= 4 is 38.1 Å². The van der Waals surface area contributed by atoms with E-state index in [1.165, 1.54) is 170 Å². The van der Waals surface area contributed by atoms with E-state index in [0.717, 1.165) is 23.7 Å². The Bertz CT molecular complexity index is 3690. The van der Waals surface area contributed by atoms with E-state index in [2.05, 4.69) is 141 Å². The third-order valence-corrected chi connectivity index (χ3v) is 22.3. The van der Waals surface area contributed by atoms with Crippen LogP contribution in [0, 0.1) is 29.1 Å². The highest BCUT2D eigenvalue weighted by Gasteiger charge is 2.66. The molecule has 69 heavy (non-hydrogen) atoms. The van der Waals surface area contributed by atoms with Crippen LogP contribution in [-0.4, -0.2) is 9.38 Å². The Kier molecular flexibility index (Phi) is 6.75. The summed E-state index contributed by atoms with van der Waals surface area (Å²) in [6, 6.07) is 41.4. The Hall–Kier alpha value is -5.73. The van der Waals surface area contributed by atoms with E-state index < -0.39 is 0 Å². The van der Waals surface area contributed by atoms with Gasteiger partial charge in [-0.3, -0.25) is 4.98 Å². The van der Waals surface area contributed by atoms with Crippen molar-refractivity contribution in [2.75, 3.05) is 0 Å². The summed E-state index contributed by atoms with van der Waals surface area (Å²) in [5.41, 5.74) is 28.3. The van der Waals surface area contributed by atoms with Crippen LogP contribution in [0.2, 0.25) is 0 Å². The summed E-state index contributed by atoms with van der Waals surface area (Å²) in [6.45, 7) is 10.0. The number of nitrogens with zero attached hydrogens (tertiary/aromatic N) is 2. The van der Waals surface area contributed by atoms with Crippen LogP contribution in [0.4, 0.5) is 0 Å². The smallest absolute Gasteiger partial charge is 0.0728 e. The molecular weight excluding hydrogens is 833 g/mol. The molecule has 9 aromatic rings. The van der Waals surface area contributed by atoms with Crippen LogP contribution in [0.15, 0.2) is 109 Å². The number of aromatic nitrogens is 2. The first-order chi connectivity index (χ1) is 33.7. The molecule has 10 aliphatic carbocycles. The zero-order valence-corrected chi connectivity index (χ0v) is 40.7. The topological polar surface area (TPSA) is 17.3 Å². The molecule has 7 atom stereocenters. The van der Waals surface area contributed by atoms with Crippen molar-refractivity contribution in [2.24, 2.45) is 29.1 Å². The summed E-state index contributed by atoms with van der Waals surface area (Å²) in [6.07, 6.45) is 17.6. The van der Waals surface area contributed by atoms with E-state index in [1.807, 2.05) is 0 Å². The molecule has 0 amide bonds. The van der Waals surface area contributed by atoms with Gasteiger partial charge in [0.2, 0.25) is 0 Å². The lowest BCUT2D eigenvalue weighted by Crippen LogP contribution is -2.41. The Morgan fingerprint density at radius 1 is 0.464 bits per heavy atom. The van der Waals surface area contributed by atoms with Crippen LogP contribution in [-0.2, 0) is 10.8 Å².